The summed E-state index contributed by atoms with van der Waals surface area (Å²) >= 11 is 1.34. The summed E-state index contributed by atoms with van der Waals surface area (Å²) in [6.45, 7) is 1.97. The first-order chi connectivity index (χ1) is 11.2. The molecule has 0 saturated heterocycles. The lowest BCUT2D eigenvalue weighted by Crippen LogP contribution is -2.20. The number of nitrogens with one attached hydrogen (secondary N) is 1. The largest absolute Gasteiger partial charge is 0.296 e. The van der Waals surface area contributed by atoms with E-state index in [9.17, 15) is 9.59 Å². The van der Waals surface area contributed by atoms with Crippen molar-refractivity contribution in [3.63, 3.8) is 0 Å². The van der Waals surface area contributed by atoms with E-state index >= 15 is 0 Å². The Morgan fingerprint density at radius 3 is 2.65 bits per heavy atom. The summed E-state index contributed by atoms with van der Waals surface area (Å²) in [4.78, 5) is 24.3. The van der Waals surface area contributed by atoms with Crippen LogP contribution in [0.3, 0.4) is 0 Å². The Hall–Kier alpha value is -2.80. The highest BCUT2D eigenvalue weighted by Gasteiger charge is 2.11. The van der Waals surface area contributed by atoms with Gasteiger partial charge >= 0.3 is 0 Å². The van der Waals surface area contributed by atoms with Gasteiger partial charge in [-0.25, -0.2) is 0 Å². The fourth-order valence-corrected chi connectivity index (χ4v) is 2.70. The van der Waals surface area contributed by atoms with Gasteiger partial charge in [-0.2, -0.15) is 0 Å². The molecular weight excluding hydrogens is 312 g/mol. The van der Waals surface area contributed by atoms with Gasteiger partial charge in [0.2, 0.25) is 5.13 Å². The van der Waals surface area contributed by atoms with Crippen molar-refractivity contribution in [3.8, 4) is 5.69 Å². The lowest BCUT2D eigenvalue weighted by Gasteiger charge is -2.07. The molecule has 1 N–H and O–H groups in total. The van der Waals surface area contributed by atoms with Crippen LogP contribution < -0.4 is 10.9 Å². The van der Waals surface area contributed by atoms with Crippen molar-refractivity contribution in [1.29, 1.82) is 0 Å². The standard InChI is InChI=1S/C16H14N4O2S/c1-2-13-18-19-16(23-13)17-15(22)11-8-9-14(21)20(10-11)12-6-4-3-5-7-12/h3-10H,2H2,1H3,(H,17,19,22). The average Bonchev–Trinajstić information content (AvgIpc) is 3.03. The van der Waals surface area contributed by atoms with E-state index in [1.54, 1.807) is 12.1 Å². The summed E-state index contributed by atoms with van der Waals surface area (Å²) in [5, 5.41) is 11.9. The third-order valence-corrected chi connectivity index (χ3v) is 4.18. The van der Waals surface area contributed by atoms with Crippen LogP contribution in [0, 0.1) is 0 Å². The highest BCUT2D eigenvalue weighted by molar-refractivity contribution is 7.15. The number of hydrogen-bond acceptors (Lipinski definition) is 5. The van der Waals surface area contributed by atoms with Crippen LogP contribution in [-0.4, -0.2) is 20.7 Å². The van der Waals surface area contributed by atoms with Gasteiger partial charge in [0.1, 0.15) is 5.01 Å². The molecular formula is C16H14N4O2S. The van der Waals surface area contributed by atoms with Gasteiger partial charge in [0.05, 0.1) is 5.56 Å². The molecule has 0 bridgehead atoms. The zero-order chi connectivity index (χ0) is 16.2. The molecule has 0 radical (unpaired) electrons. The Kier molecular flexibility index (Phi) is 4.29. The van der Waals surface area contributed by atoms with Crippen LogP contribution in [0.2, 0.25) is 0 Å². The molecule has 0 aliphatic rings. The fraction of sp³-hybridized carbons (Fsp3) is 0.125. The number of carbonyl (C=O) groups is 1. The Balaban J connectivity index is 1.88. The van der Waals surface area contributed by atoms with Crippen LogP contribution in [0.1, 0.15) is 22.3 Å². The smallest absolute Gasteiger partial charge is 0.258 e. The lowest BCUT2D eigenvalue weighted by molar-refractivity contribution is 0.102. The predicted octanol–water partition coefficient (Wildman–Crippen LogP) is 2.50. The second kappa shape index (κ2) is 6.53. The predicted molar refractivity (Wildman–Crippen MR) is 89.3 cm³/mol. The second-order valence-corrected chi connectivity index (χ2v) is 5.83. The first-order valence-corrected chi connectivity index (χ1v) is 7.91. The lowest BCUT2D eigenvalue weighted by atomic mass is 10.2. The van der Waals surface area contributed by atoms with Gasteiger partial charge in [-0.15, -0.1) is 10.2 Å². The molecule has 0 atom stereocenters. The maximum Gasteiger partial charge on any atom is 0.258 e. The van der Waals surface area contributed by atoms with Gasteiger partial charge in [-0.1, -0.05) is 36.5 Å². The highest BCUT2D eigenvalue weighted by atomic mass is 32.1. The molecule has 1 amide bonds. The van der Waals surface area contributed by atoms with E-state index in [0.717, 1.165) is 11.4 Å². The van der Waals surface area contributed by atoms with Crippen molar-refractivity contribution in [3.05, 3.63) is 69.6 Å². The van der Waals surface area contributed by atoms with Crippen LogP contribution >= 0.6 is 11.3 Å². The SMILES string of the molecule is CCc1nnc(NC(=O)c2ccc(=O)n(-c3ccccc3)c2)s1. The molecule has 23 heavy (non-hydrogen) atoms. The van der Waals surface area contributed by atoms with Gasteiger partial charge in [0.25, 0.3) is 11.5 Å². The number of para-hydroxylation sites is 1. The Bertz CT molecular complexity index is 886. The van der Waals surface area contributed by atoms with E-state index in [2.05, 4.69) is 15.5 Å². The number of amides is 1. The maximum atomic E-state index is 12.3. The van der Waals surface area contributed by atoms with Crippen LogP contribution in [0.25, 0.3) is 5.69 Å². The molecule has 116 valence electrons. The number of hydrogen-bond donors (Lipinski definition) is 1. The molecule has 3 aromatic rings. The van der Waals surface area contributed by atoms with Crippen molar-refractivity contribution in [2.75, 3.05) is 5.32 Å². The van der Waals surface area contributed by atoms with Crippen molar-refractivity contribution in [2.24, 2.45) is 0 Å². The maximum absolute atomic E-state index is 12.3. The minimum atomic E-state index is -0.325. The summed E-state index contributed by atoms with van der Waals surface area (Å²) in [7, 11) is 0. The Labute approximate surface area is 136 Å². The molecule has 7 heteroatoms. The molecule has 0 aliphatic carbocycles. The van der Waals surface area contributed by atoms with Gasteiger partial charge in [0, 0.05) is 18.0 Å². The number of pyridine rings is 1. The summed E-state index contributed by atoms with van der Waals surface area (Å²) in [6.07, 6.45) is 2.29. The molecule has 0 aliphatic heterocycles. The number of rotatable bonds is 4. The molecule has 0 spiro atoms. The number of nitrogens with zero attached hydrogens (tertiary/aromatic N) is 3. The molecule has 0 unspecified atom stereocenters. The van der Waals surface area contributed by atoms with Crippen molar-refractivity contribution in [2.45, 2.75) is 13.3 Å². The minimum Gasteiger partial charge on any atom is -0.296 e. The molecule has 0 fully saturated rings. The molecule has 1 aromatic carbocycles. The fourth-order valence-electron chi connectivity index (χ4n) is 2.03. The van der Waals surface area contributed by atoms with Gasteiger partial charge in [0.15, 0.2) is 0 Å². The summed E-state index contributed by atoms with van der Waals surface area (Å²) in [6, 6.07) is 12.0. The number of anilines is 1. The van der Waals surface area contributed by atoms with Crippen LogP contribution in [0.5, 0.6) is 0 Å². The quantitative estimate of drug-likeness (QED) is 0.799. The van der Waals surface area contributed by atoms with E-state index in [-0.39, 0.29) is 11.5 Å². The monoisotopic (exact) mass is 326 g/mol. The first-order valence-electron chi connectivity index (χ1n) is 7.09. The van der Waals surface area contributed by atoms with Crippen LogP contribution in [-0.2, 0) is 6.42 Å². The van der Waals surface area contributed by atoms with E-state index in [1.807, 2.05) is 25.1 Å². The zero-order valence-corrected chi connectivity index (χ0v) is 13.2. The minimum absolute atomic E-state index is 0.197. The Morgan fingerprint density at radius 1 is 1.17 bits per heavy atom. The first kappa shape index (κ1) is 15.1. The van der Waals surface area contributed by atoms with Crippen LogP contribution in [0.15, 0.2) is 53.5 Å². The van der Waals surface area contributed by atoms with E-state index < -0.39 is 0 Å². The van der Waals surface area contributed by atoms with E-state index in [4.69, 9.17) is 0 Å². The number of aromatic nitrogens is 3. The summed E-state index contributed by atoms with van der Waals surface area (Å²) in [5.74, 6) is -0.325. The molecule has 3 rings (SSSR count). The van der Waals surface area contributed by atoms with Gasteiger partial charge < -0.3 is 0 Å². The Morgan fingerprint density at radius 2 is 1.96 bits per heavy atom. The topological polar surface area (TPSA) is 76.9 Å². The second-order valence-electron chi connectivity index (χ2n) is 4.77. The number of carbonyl (C=O) groups excluding carboxylic acids is 1. The highest BCUT2D eigenvalue weighted by Crippen LogP contribution is 2.16. The normalized spacial score (nSPS) is 10.5. The van der Waals surface area contributed by atoms with Crippen molar-refractivity contribution < 1.29 is 4.79 Å². The van der Waals surface area contributed by atoms with Gasteiger partial charge in [-0.05, 0) is 24.6 Å². The molecule has 0 saturated carbocycles. The van der Waals surface area contributed by atoms with Crippen molar-refractivity contribution >= 4 is 22.4 Å². The zero-order valence-electron chi connectivity index (χ0n) is 12.4. The molecule has 6 nitrogen and oxygen atoms in total. The van der Waals surface area contributed by atoms with Gasteiger partial charge in [-0.3, -0.25) is 19.5 Å². The van der Waals surface area contributed by atoms with E-state index in [0.29, 0.717) is 16.4 Å². The third kappa shape index (κ3) is 3.35. The number of benzene rings is 1. The number of aryl methyl sites for hydroxylation is 1. The van der Waals surface area contributed by atoms with Crippen LogP contribution in [0.4, 0.5) is 5.13 Å². The third-order valence-electron chi connectivity index (χ3n) is 3.20. The molecule has 2 aromatic heterocycles. The average molecular weight is 326 g/mol. The summed E-state index contributed by atoms with van der Waals surface area (Å²) in [5.41, 5.74) is 0.884. The molecule has 2 heterocycles. The van der Waals surface area contributed by atoms with E-state index in [1.165, 1.54) is 34.2 Å². The van der Waals surface area contributed by atoms with Crippen molar-refractivity contribution in [1.82, 2.24) is 14.8 Å². The summed E-state index contributed by atoms with van der Waals surface area (Å²) < 4.78 is 1.44.